The minimum absolute atomic E-state index is 0.0492. The first-order valence-corrected chi connectivity index (χ1v) is 6.36. The average Bonchev–Trinajstić information content (AvgIpc) is 2.79. The first kappa shape index (κ1) is 11.9. The third-order valence-electron chi connectivity index (χ3n) is 3.69. The van der Waals surface area contributed by atoms with Crippen LogP contribution in [0.1, 0.15) is 38.5 Å². The van der Waals surface area contributed by atoms with Crippen LogP contribution in [0, 0.1) is 0 Å². The molecule has 0 bridgehead atoms. The van der Waals surface area contributed by atoms with E-state index in [4.69, 9.17) is 4.74 Å². The summed E-state index contributed by atoms with van der Waals surface area (Å²) in [6.45, 7) is 0.791. The molecule has 0 aromatic rings. The number of carbonyl (C=O) groups is 1. The van der Waals surface area contributed by atoms with Crippen molar-refractivity contribution in [3.05, 3.63) is 0 Å². The molecule has 2 rings (SSSR count). The summed E-state index contributed by atoms with van der Waals surface area (Å²) in [6.07, 6.45) is 7.11. The van der Waals surface area contributed by atoms with Crippen molar-refractivity contribution < 1.29 is 9.53 Å². The summed E-state index contributed by atoms with van der Waals surface area (Å²) in [4.78, 5) is 11.9. The lowest BCUT2D eigenvalue weighted by Gasteiger charge is -2.24. The summed E-state index contributed by atoms with van der Waals surface area (Å²) >= 11 is 0. The van der Waals surface area contributed by atoms with E-state index in [-0.39, 0.29) is 18.1 Å². The predicted molar refractivity (Wildman–Crippen MR) is 62.2 cm³/mol. The number of methoxy groups -OCH3 is 1. The smallest absolute Gasteiger partial charge is 0.237 e. The molecule has 4 nitrogen and oxygen atoms in total. The fourth-order valence-corrected chi connectivity index (χ4v) is 2.63. The van der Waals surface area contributed by atoms with E-state index < -0.39 is 0 Å². The second-order valence-electron chi connectivity index (χ2n) is 4.90. The maximum atomic E-state index is 11.9. The van der Waals surface area contributed by atoms with Crippen molar-refractivity contribution in [2.75, 3.05) is 13.7 Å². The third-order valence-corrected chi connectivity index (χ3v) is 3.69. The van der Waals surface area contributed by atoms with Gasteiger partial charge in [0, 0.05) is 19.7 Å². The monoisotopic (exact) mass is 226 g/mol. The molecule has 1 saturated heterocycles. The molecule has 2 atom stereocenters. The summed E-state index contributed by atoms with van der Waals surface area (Å²) in [6, 6.07) is 0.358. The van der Waals surface area contributed by atoms with Crippen LogP contribution in [-0.4, -0.2) is 37.7 Å². The molecule has 0 radical (unpaired) electrons. The van der Waals surface area contributed by atoms with Gasteiger partial charge in [-0.25, -0.2) is 0 Å². The van der Waals surface area contributed by atoms with E-state index in [2.05, 4.69) is 10.6 Å². The van der Waals surface area contributed by atoms with Gasteiger partial charge in [0.1, 0.15) is 0 Å². The molecule has 1 aliphatic carbocycles. The highest BCUT2D eigenvalue weighted by Crippen LogP contribution is 2.18. The molecular weight excluding hydrogens is 204 g/mol. The SMILES string of the molecule is COC1CNC(C(=O)NC2CCCCC2)C1. The van der Waals surface area contributed by atoms with Gasteiger partial charge in [0.25, 0.3) is 0 Å². The minimum atomic E-state index is -0.0492. The van der Waals surface area contributed by atoms with Gasteiger partial charge in [0.05, 0.1) is 12.1 Å². The summed E-state index contributed by atoms with van der Waals surface area (Å²) in [5.74, 6) is 0.159. The van der Waals surface area contributed by atoms with Crippen molar-refractivity contribution in [2.24, 2.45) is 0 Å². The highest BCUT2D eigenvalue weighted by atomic mass is 16.5. The van der Waals surface area contributed by atoms with Crippen molar-refractivity contribution >= 4 is 5.91 Å². The zero-order chi connectivity index (χ0) is 11.4. The molecule has 1 heterocycles. The number of nitrogens with one attached hydrogen (secondary N) is 2. The quantitative estimate of drug-likeness (QED) is 0.749. The number of ether oxygens (including phenoxy) is 1. The van der Waals surface area contributed by atoms with Crippen LogP contribution in [0.5, 0.6) is 0 Å². The fourth-order valence-electron chi connectivity index (χ4n) is 2.63. The van der Waals surface area contributed by atoms with Crippen LogP contribution in [0.2, 0.25) is 0 Å². The largest absolute Gasteiger partial charge is 0.380 e. The molecule has 1 amide bonds. The summed E-state index contributed by atoms with van der Waals surface area (Å²) < 4.78 is 5.24. The number of hydrogen-bond acceptors (Lipinski definition) is 3. The molecule has 0 aromatic carbocycles. The van der Waals surface area contributed by atoms with E-state index in [1.807, 2.05) is 0 Å². The van der Waals surface area contributed by atoms with E-state index in [0.29, 0.717) is 6.04 Å². The molecule has 1 saturated carbocycles. The van der Waals surface area contributed by atoms with Crippen LogP contribution in [0.4, 0.5) is 0 Å². The lowest BCUT2D eigenvalue weighted by atomic mass is 9.95. The van der Waals surface area contributed by atoms with Gasteiger partial charge in [-0.1, -0.05) is 19.3 Å². The van der Waals surface area contributed by atoms with Gasteiger partial charge in [-0.05, 0) is 19.3 Å². The Kier molecular flexibility index (Phi) is 4.18. The van der Waals surface area contributed by atoms with Crippen molar-refractivity contribution in [3.63, 3.8) is 0 Å². The summed E-state index contributed by atoms with van der Waals surface area (Å²) in [7, 11) is 1.70. The Labute approximate surface area is 97.1 Å². The highest BCUT2D eigenvalue weighted by molar-refractivity contribution is 5.82. The topological polar surface area (TPSA) is 50.4 Å². The fraction of sp³-hybridized carbons (Fsp3) is 0.917. The highest BCUT2D eigenvalue weighted by Gasteiger charge is 2.30. The van der Waals surface area contributed by atoms with Gasteiger partial charge in [0.2, 0.25) is 5.91 Å². The molecule has 2 N–H and O–H groups in total. The van der Waals surface area contributed by atoms with Gasteiger partial charge in [-0.2, -0.15) is 0 Å². The molecular formula is C12H22N2O2. The van der Waals surface area contributed by atoms with E-state index in [0.717, 1.165) is 25.8 Å². The molecule has 0 spiro atoms. The van der Waals surface area contributed by atoms with Crippen LogP contribution in [0.25, 0.3) is 0 Å². The van der Waals surface area contributed by atoms with Crippen molar-refractivity contribution in [1.82, 2.24) is 10.6 Å². The minimum Gasteiger partial charge on any atom is -0.380 e. The van der Waals surface area contributed by atoms with Crippen molar-refractivity contribution in [1.29, 1.82) is 0 Å². The van der Waals surface area contributed by atoms with Crippen LogP contribution < -0.4 is 10.6 Å². The lowest BCUT2D eigenvalue weighted by molar-refractivity contribution is -0.123. The number of amides is 1. The molecule has 2 aliphatic rings. The Morgan fingerprint density at radius 2 is 2.06 bits per heavy atom. The van der Waals surface area contributed by atoms with Crippen molar-refractivity contribution in [2.45, 2.75) is 56.7 Å². The first-order valence-electron chi connectivity index (χ1n) is 6.36. The van der Waals surface area contributed by atoms with Crippen LogP contribution in [0.3, 0.4) is 0 Å². The molecule has 4 heteroatoms. The maximum absolute atomic E-state index is 11.9. The Balaban J connectivity index is 1.75. The normalized spacial score (nSPS) is 31.6. The molecule has 0 aromatic heterocycles. The van der Waals surface area contributed by atoms with E-state index in [1.165, 1.54) is 19.3 Å². The third kappa shape index (κ3) is 2.95. The average molecular weight is 226 g/mol. The van der Waals surface area contributed by atoms with Crippen LogP contribution >= 0.6 is 0 Å². The Morgan fingerprint density at radius 1 is 1.31 bits per heavy atom. The predicted octanol–water partition coefficient (Wildman–Crippen LogP) is 0.812. The van der Waals surface area contributed by atoms with Gasteiger partial charge in [-0.15, -0.1) is 0 Å². The second-order valence-corrected chi connectivity index (χ2v) is 4.90. The lowest BCUT2D eigenvalue weighted by Crippen LogP contribution is -2.45. The standard InChI is InChI=1S/C12H22N2O2/c1-16-10-7-11(13-8-10)12(15)14-9-5-3-2-4-6-9/h9-11,13H,2-8H2,1H3,(H,14,15). The van der Waals surface area contributed by atoms with Gasteiger partial charge < -0.3 is 15.4 Å². The molecule has 2 fully saturated rings. The van der Waals surface area contributed by atoms with Gasteiger partial charge in [-0.3, -0.25) is 4.79 Å². The maximum Gasteiger partial charge on any atom is 0.237 e. The molecule has 2 unspecified atom stereocenters. The van der Waals surface area contributed by atoms with Crippen LogP contribution in [0.15, 0.2) is 0 Å². The molecule has 16 heavy (non-hydrogen) atoms. The van der Waals surface area contributed by atoms with E-state index in [9.17, 15) is 4.79 Å². The van der Waals surface area contributed by atoms with Crippen LogP contribution in [-0.2, 0) is 9.53 Å². The molecule has 92 valence electrons. The number of rotatable bonds is 3. The Morgan fingerprint density at radius 3 is 2.69 bits per heavy atom. The Bertz CT molecular complexity index is 239. The first-order chi connectivity index (χ1) is 7.79. The number of hydrogen-bond donors (Lipinski definition) is 2. The molecule has 1 aliphatic heterocycles. The van der Waals surface area contributed by atoms with Crippen molar-refractivity contribution in [3.8, 4) is 0 Å². The number of carbonyl (C=O) groups excluding carboxylic acids is 1. The second kappa shape index (κ2) is 5.64. The summed E-state index contributed by atoms with van der Waals surface area (Å²) in [5, 5.41) is 6.36. The van der Waals surface area contributed by atoms with E-state index in [1.54, 1.807) is 7.11 Å². The zero-order valence-corrected chi connectivity index (χ0v) is 10.00. The van der Waals surface area contributed by atoms with Gasteiger partial charge >= 0.3 is 0 Å². The summed E-state index contributed by atoms with van der Waals surface area (Å²) in [5.41, 5.74) is 0. The zero-order valence-electron chi connectivity index (χ0n) is 10.00. The van der Waals surface area contributed by atoms with E-state index >= 15 is 0 Å². The van der Waals surface area contributed by atoms with Gasteiger partial charge in [0.15, 0.2) is 0 Å². The Hall–Kier alpha value is -0.610.